The van der Waals surface area contributed by atoms with Crippen LogP contribution in [0.2, 0.25) is 0 Å². The summed E-state index contributed by atoms with van der Waals surface area (Å²) in [5.74, 6) is -0.918. The van der Waals surface area contributed by atoms with Crippen LogP contribution in [0.3, 0.4) is 0 Å². The molecule has 3 aromatic carbocycles. The molecule has 1 heterocycles. The maximum Gasteiger partial charge on any atom is 0.345 e. The van der Waals surface area contributed by atoms with Crippen molar-refractivity contribution in [3.63, 3.8) is 0 Å². The molecule has 0 radical (unpaired) electrons. The summed E-state index contributed by atoms with van der Waals surface area (Å²) in [6.45, 7) is 0.411. The van der Waals surface area contributed by atoms with E-state index in [9.17, 15) is 9.59 Å². The van der Waals surface area contributed by atoms with Crippen LogP contribution in [0.15, 0.2) is 96.6 Å². The van der Waals surface area contributed by atoms with Gasteiger partial charge < -0.3 is 9.64 Å². The van der Waals surface area contributed by atoms with Gasteiger partial charge in [-0.05, 0) is 16.7 Å². The van der Waals surface area contributed by atoms with Crippen LogP contribution in [0.4, 0.5) is 0 Å². The van der Waals surface area contributed by atoms with E-state index in [1.54, 1.807) is 11.9 Å². The fraction of sp³-hybridized carbons (Fsp3) is 0.120. The lowest BCUT2D eigenvalue weighted by Gasteiger charge is -2.18. The molecule has 4 heteroatoms. The number of likely N-dealkylation sites (N-methyl/N-ethyl adjacent to an activating group) is 1. The minimum Gasteiger partial charge on any atom is -0.449 e. The highest BCUT2D eigenvalue weighted by Crippen LogP contribution is 2.42. The predicted molar refractivity (Wildman–Crippen MR) is 112 cm³/mol. The monoisotopic (exact) mass is 383 g/mol. The molecule has 1 amide bonds. The summed E-state index contributed by atoms with van der Waals surface area (Å²) in [6.07, 6.45) is -0.602. The van der Waals surface area contributed by atoms with Gasteiger partial charge in [0.25, 0.3) is 5.91 Å². The van der Waals surface area contributed by atoms with Crippen LogP contribution in [-0.2, 0) is 20.9 Å². The van der Waals surface area contributed by atoms with Crippen molar-refractivity contribution in [2.75, 3.05) is 7.05 Å². The minimum absolute atomic E-state index is 0.100. The van der Waals surface area contributed by atoms with Crippen LogP contribution in [0.5, 0.6) is 0 Å². The number of hydrogen-bond acceptors (Lipinski definition) is 3. The zero-order valence-corrected chi connectivity index (χ0v) is 16.1. The van der Waals surface area contributed by atoms with Crippen molar-refractivity contribution in [2.45, 2.75) is 12.6 Å². The van der Waals surface area contributed by atoms with Gasteiger partial charge in [-0.15, -0.1) is 0 Å². The molecule has 1 atom stereocenters. The lowest BCUT2D eigenvalue weighted by molar-refractivity contribution is -0.142. The number of carbonyl (C=O) groups excluding carboxylic acids is 2. The Morgan fingerprint density at radius 3 is 2.03 bits per heavy atom. The molecule has 4 nitrogen and oxygen atoms in total. The fourth-order valence-electron chi connectivity index (χ4n) is 3.56. The molecule has 3 aromatic rings. The molecule has 0 aliphatic carbocycles. The molecular weight excluding hydrogens is 362 g/mol. The van der Waals surface area contributed by atoms with Gasteiger partial charge in [0.05, 0.1) is 0 Å². The zero-order valence-electron chi connectivity index (χ0n) is 16.1. The summed E-state index contributed by atoms with van der Waals surface area (Å²) in [5.41, 5.74) is 3.36. The Morgan fingerprint density at radius 2 is 1.41 bits per heavy atom. The van der Waals surface area contributed by atoms with Crippen molar-refractivity contribution in [1.29, 1.82) is 0 Å². The lowest BCUT2D eigenvalue weighted by atomic mass is 9.92. The quantitative estimate of drug-likeness (QED) is 0.485. The second kappa shape index (κ2) is 8.15. The Balaban J connectivity index is 1.76. The first-order valence-electron chi connectivity index (χ1n) is 9.50. The largest absolute Gasteiger partial charge is 0.449 e. The van der Waals surface area contributed by atoms with Gasteiger partial charge >= 0.3 is 5.97 Å². The molecule has 144 valence electrons. The summed E-state index contributed by atoms with van der Waals surface area (Å²) >= 11 is 0. The highest BCUT2D eigenvalue weighted by Gasteiger charge is 2.40. The minimum atomic E-state index is -0.602. The first-order chi connectivity index (χ1) is 14.1. The van der Waals surface area contributed by atoms with E-state index in [-0.39, 0.29) is 11.5 Å². The molecule has 0 bridgehead atoms. The van der Waals surface area contributed by atoms with Crippen molar-refractivity contribution in [1.82, 2.24) is 4.90 Å². The third-order valence-corrected chi connectivity index (χ3v) is 4.97. The molecule has 1 aliphatic rings. The zero-order chi connectivity index (χ0) is 20.2. The van der Waals surface area contributed by atoms with Crippen LogP contribution in [0.25, 0.3) is 5.57 Å². The van der Waals surface area contributed by atoms with Crippen molar-refractivity contribution in [3.05, 3.63) is 113 Å². The number of amides is 1. The van der Waals surface area contributed by atoms with Crippen molar-refractivity contribution in [3.8, 4) is 0 Å². The molecule has 0 fully saturated rings. The smallest absolute Gasteiger partial charge is 0.345 e. The molecule has 0 saturated heterocycles. The van der Waals surface area contributed by atoms with Crippen LogP contribution in [-0.4, -0.2) is 23.8 Å². The molecule has 0 N–H and O–H groups in total. The summed E-state index contributed by atoms with van der Waals surface area (Å²) in [5, 5.41) is 0. The number of carbonyl (C=O) groups is 2. The maximum atomic E-state index is 13.3. The number of nitrogens with zero attached hydrogens (tertiary/aromatic N) is 1. The van der Waals surface area contributed by atoms with Gasteiger partial charge in [0.2, 0.25) is 0 Å². The van der Waals surface area contributed by atoms with Crippen molar-refractivity contribution >= 4 is 17.4 Å². The number of ether oxygens (including phenoxy) is 1. The Hall–Kier alpha value is -3.66. The van der Waals surface area contributed by atoms with E-state index in [1.807, 2.05) is 91.0 Å². The van der Waals surface area contributed by atoms with Gasteiger partial charge in [0.1, 0.15) is 5.57 Å². The predicted octanol–water partition coefficient (Wildman–Crippen LogP) is 4.40. The highest BCUT2D eigenvalue weighted by molar-refractivity contribution is 6.24. The standard InChI is InChI=1S/C25H21NO3/c1-26(17-18-11-5-2-6-12-18)24(27)22-21(19-13-7-3-8-14-19)23(29-25(22)28)20-15-9-4-10-16-20/h2-16,23H,17H2,1H3. The Labute approximate surface area is 170 Å². The van der Waals surface area contributed by atoms with E-state index in [0.29, 0.717) is 12.1 Å². The summed E-state index contributed by atoms with van der Waals surface area (Å²) < 4.78 is 5.69. The SMILES string of the molecule is CN(Cc1ccccc1)C(=O)C1=C(c2ccccc2)C(c2ccccc2)OC1=O. The van der Waals surface area contributed by atoms with Crippen molar-refractivity contribution in [2.24, 2.45) is 0 Å². The average Bonchev–Trinajstić information content (AvgIpc) is 3.12. The van der Waals surface area contributed by atoms with Gasteiger partial charge in [0, 0.05) is 19.2 Å². The third-order valence-electron chi connectivity index (χ3n) is 4.97. The molecule has 0 saturated carbocycles. The number of rotatable bonds is 5. The molecule has 0 aromatic heterocycles. The van der Waals surface area contributed by atoms with E-state index in [1.165, 1.54) is 0 Å². The number of cyclic esters (lactones) is 1. The van der Waals surface area contributed by atoms with Gasteiger partial charge in [-0.25, -0.2) is 4.79 Å². The third kappa shape index (κ3) is 3.83. The first-order valence-corrected chi connectivity index (χ1v) is 9.50. The van der Waals surface area contributed by atoms with Gasteiger partial charge in [-0.3, -0.25) is 4.79 Å². The van der Waals surface area contributed by atoms with Gasteiger partial charge in [-0.1, -0.05) is 91.0 Å². The number of hydrogen-bond donors (Lipinski definition) is 0. The second-order valence-electron chi connectivity index (χ2n) is 7.00. The second-order valence-corrected chi connectivity index (χ2v) is 7.00. The number of esters is 1. The fourth-order valence-corrected chi connectivity index (χ4v) is 3.56. The lowest BCUT2D eigenvalue weighted by Crippen LogP contribution is -2.30. The first kappa shape index (κ1) is 18.7. The van der Waals surface area contributed by atoms with Crippen LogP contribution in [0.1, 0.15) is 22.8 Å². The molecule has 29 heavy (non-hydrogen) atoms. The summed E-state index contributed by atoms with van der Waals surface area (Å²) in [6, 6.07) is 28.7. The average molecular weight is 383 g/mol. The molecular formula is C25H21NO3. The van der Waals surface area contributed by atoms with Gasteiger partial charge in [-0.2, -0.15) is 0 Å². The van der Waals surface area contributed by atoms with E-state index in [4.69, 9.17) is 4.74 Å². The molecule has 0 spiro atoms. The maximum absolute atomic E-state index is 13.3. The normalized spacial score (nSPS) is 15.9. The summed E-state index contributed by atoms with van der Waals surface area (Å²) in [4.78, 5) is 27.7. The Kier molecular flexibility index (Phi) is 5.25. The topological polar surface area (TPSA) is 46.6 Å². The van der Waals surface area contributed by atoms with E-state index in [2.05, 4.69) is 0 Å². The number of benzene rings is 3. The Bertz CT molecular complexity index is 1040. The van der Waals surface area contributed by atoms with E-state index >= 15 is 0 Å². The van der Waals surface area contributed by atoms with E-state index in [0.717, 1.165) is 16.7 Å². The highest BCUT2D eigenvalue weighted by atomic mass is 16.5. The molecule has 1 unspecified atom stereocenters. The molecule has 4 rings (SSSR count). The molecule has 1 aliphatic heterocycles. The van der Waals surface area contributed by atoms with Crippen molar-refractivity contribution < 1.29 is 14.3 Å². The van der Waals surface area contributed by atoms with Crippen LogP contribution < -0.4 is 0 Å². The Morgan fingerprint density at radius 1 is 0.862 bits per heavy atom. The van der Waals surface area contributed by atoms with Gasteiger partial charge in [0.15, 0.2) is 6.10 Å². The van der Waals surface area contributed by atoms with E-state index < -0.39 is 12.1 Å². The van der Waals surface area contributed by atoms with Crippen LogP contribution >= 0.6 is 0 Å². The van der Waals surface area contributed by atoms with Crippen LogP contribution in [0, 0.1) is 0 Å². The summed E-state index contributed by atoms with van der Waals surface area (Å²) in [7, 11) is 1.70.